The molecule has 1 saturated heterocycles. The smallest absolute Gasteiger partial charge is 0.324 e. The second-order valence-electron chi connectivity index (χ2n) is 10.1. The van der Waals surface area contributed by atoms with Crippen molar-refractivity contribution in [1.29, 1.82) is 5.26 Å². The van der Waals surface area contributed by atoms with Crippen molar-refractivity contribution in [2.45, 2.75) is 52.1 Å². The molecule has 1 aliphatic rings. The molecular formula is C30H37ClN6O4. The summed E-state index contributed by atoms with van der Waals surface area (Å²) in [5.74, 6) is 1.12. The Kier molecular flexibility index (Phi) is 10.3. The number of carbonyl (C=O) groups is 2. The Bertz CT molecular complexity index is 1420. The number of ether oxygens (including phenoxy) is 2. The zero-order valence-corrected chi connectivity index (χ0v) is 24.7. The first-order valence-corrected chi connectivity index (χ1v) is 14.4. The summed E-state index contributed by atoms with van der Waals surface area (Å²) in [5.41, 5.74) is 2.19. The molecule has 0 radical (unpaired) electrons. The molecule has 10 nitrogen and oxygen atoms in total. The van der Waals surface area contributed by atoms with E-state index in [1.54, 1.807) is 40.9 Å². The minimum Gasteiger partial charge on any atom is -0.493 e. The summed E-state index contributed by atoms with van der Waals surface area (Å²) in [6.45, 7) is 4.71. The number of benzene rings is 1. The van der Waals surface area contributed by atoms with Crippen molar-refractivity contribution in [3.05, 3.63) is 47.2 Å². The molecule has 3 amide bonds. The Hall–Kier alpha value is -3.97. The number of halogens is 1. The first-order chi connectivity index (χ1) is 19.9. The molecular weight excluding hydrogens is 544 g/mol. The van der Waals surface area contributed by atoms with E-state index < -0.39 is 0 Å². The van der Waals surface area contributed by atoms with Gasteiger partial charge in [0.05, 0.1) is 31.2 Å². The minimum absolute atomic E-state index is 0.0539. The molecule has 1 fully saturated rings. The molecule has 0 aliphatic carbocycles. The van der Waals surface area contributed by atoms with Crippen molar-refractivity contribution < 1.29 is 19.1 Å². The highest BCUT2D eigenvalue weighted by Gasteiger charge is 2.28. The number of pyridine rings is 1. The second kappa shape index (κ2) is 14.1. The zero-order valence-electron chi connectivity index (χ0n) is 23.9. The molecule has 0 N–H and O–H groups in total. The normalized spacial score (nSPS) is 13.4. The first-order valence-electron chi connectivity index (χ1n) is 14.0. The van der Waals surface area contributed by atoms with Crippen LogP contribution in [0.2, 0.25) is 5.02 Å². The fourth-order valence-electron chi connectivity index (χ4n) is 4.94. The quantitative estimate of drug-likeness (QED) is 0.248. The average molecular weight is 581 g/mol. The standard InChI is InChI=1S/C30H37ClN6O4/c1-4-5-6-17-41-26-18-23(9-10-25(26)40-3)37-16-8-15-35(30(37)39)19-22-11-13-33-29-28(22)24(31)20-36(29)21-27(38)34(2)14-7-12-32/h9-11,13,18,20H,4-8,14-17,19,21H2,1-3H3. The van der Waals surface area contributed by atoms with E-state index in [2.05, 4.69) is 18.0 Å². The number of fused-ring (bicyclic) bond motifs is 1. The minimum atomic E-state index is -0.143. The Morgan fingerprint density at radius 3 is 2.80 bits per heavy atom. The Balaban J connectivity index is 1.52. The number of nitriles is 1. The fourth-order valence-corrected chi connectivity index (χ4v) is 5.27. The SMILES string of the molecule is CCCCCOc1cc(N2CCCN(Cc3ccnc4c3c(Cl)cn4CC(=O)N(C)CCC#N)C2=O)ccc1OC. The maximum Gasteiger partial charge on any atom is 0.324 e. The molecule has 0 unspecified atom stereocenters. The Morgan fingerprint density at radius 2 is 2.05 bits per heavy atom. The van der Waals surface area contributed by atoms with E-state index in [0.717, 1.165) is 42.3 Å². The summed E-state index contributed by atoms with van der Waals surface area (Å²) in [6.07, 6.45) is 7.59. The number of rotatable bonds is 13. The summed E-state index contributed by atoms with van der Waals surface area (Å²) in [4.78, 5) is 36.0. The maximum atomic E-state index is 13.7. The van der Waals surface area contributed by atoms with Crippen LogP contribution in [-0.4, -0.2) is 71.7 Å². The number of hydrogen-bond donors (Lipinski definition) is 0. The van der Waals surface area contributed by atoms with Crippen LogP contribution < -0.4 is 14.4 Å². The third-order valence-electron chi connectivity index (χ3n) is 7.22. The lowest BCUT2D eigenvalue weighted by atomic mass is 10.1. The topological polar surface area (TPSA) is 104 Å². The van der Waals surface area contributed by atoms with Gasteiger partial charge in [0, 0.05) is 62.8 Å². The zero-order chi connectivity index (χ0) is 29.4. The number of hydrogen-bond acceptors (Lipinski definition) is 6. The van der Waals surface area contributed by atoms with Crippen LogP contribution in [0.1, 0.15) is 44.6 Å². The lowest BCUT2D eigenvalue weighted by molar-refractivity contribution is -0.130. The predicted molar refractivity (Wildman–Crippen MR) is 158 cm³/mol. The van der Waals surface area contributed by atoms with Crippen LogP contribution >= 0.6 is 11.6 Å². The molecule has 0 bridgehead atoms. The summed E-state index contributed by atoms with van der Waals surface area (Å²) in [5, 5.41) is 10.0. The van der Waals surface area contributed by atoms with E-state index in [9.17, 15) is 9.59 Å². The van der Waals surface area contributed by atoms with E-state index in [4.69, 9.17) is 26.3 Å². The lowest BCUT2D eigenvalue weighted by Crippen LogP contribution is -2.49. The van der Waals surface area contributed by atoms with Gasteiger partial charge in [-0.3, -0.25) is 9.69 Å². The van der Waals surface area contributed by atoms with E-state index in [1.807, 2.05) is 24.3 Å². The first kappa shape index (κ1) is 30.0. The second-order valence-corrected chi connectivity index (χ2v) is 10.5. The predicted octanol–water partition coefficient (Wildman–Crippen LogP) is 5.47. The summed E-state index contributed by atoms with van der Waals surface area (Å²) in [6, 6.07) is 9.40. The molecule has 0 saturated carbocycles. The molecule has 3 aromatic rings. The number of aromatic nitrogens is 2. The van der Waals surface area contributed by atoms with Gasteiger partial charge in [-0.25, -0.2) is 9.78 Å². The van der Waals surface area contributed by atoms with Crippen LogP contribution in [0.15, 0.2) is 36.7 Å². The highest BCUT2D eigenvalue weighted by molar-refractivity contribution is 6.35. The van der Waals surface area contributed by atoms with Gasteiger partial charge >= 0.3 is 6.03 Å². The number of nitrogens with zero attached hydrogens (tertiary/aromatic N) is 6. The fraction of sp³-hybridized carbons (Fsp3) is 0.467. The van der Waals surface area contributed by atoms with Crippen LogP contribution in [0.4, 0.5) is 10.5 Å². The van der Waals surface area contributed by atoms with E-state index >= 15 is 0 Å². The molecule has 41 heavy (non-hydrogen) atoms. The van der Waals surface area contributed by atoms with Crippen molar-refractivity contribution in [2.24, 2.45) is 0 Å². The number of urea groups is 1. The van der Waals surface area contributed by atoms with Crippen molar-refractivity contribution in [3.63, 3.8) is 0 Å². The van der Waals surface area contributed by atoms with Crippen LogP contribution in [-0.2, 0) is 17.9 Å². The van der Waals surface area contributed by atoms with Gasteiger partial charge < -0.3 is 23.8 Å². The molecule has 0 atom stereocenters. The Morgan fingerprint density at radius 1 is 1.22 bits per heavy atom. The largest absolute Gasteiger partial charge is 0.493 e. The summed E-state index contributed by atoms with van der Waals surface area (Å²) >= 11 is 6.65. The molecule has 2 aromatic heterocycles. The summed E-state index contributed by atoms with van der Waals surface area (Å²) < 4.78 is 13.2. The maximum absolute atomic E-state index is 13.7. The third-order valence-corrected chi connectivity index (χ3v) is 7.51. The van der Waals surface area contributed by atoms with Gasteiger partial charge in [-0.1, -0.05) is 31.4 Å². The average Bonchev–Trinajstić information content (AvgIpc) is 3.30. The van der Waals surface area contributed by atoms with Gasteiger partial charge in [-0.05, 0) is 36.6 Å². The highest BCUT2D eigenvalue weighted by atomic mass is 35.5. The van der Waals surface area contributed by atoms with Crippen LogP contribution in [0.25, 0.3) is 11.0 Å². The van der Waals surface area contributed by atoms with Crippen molar-refractivity contribution in [2.75, 3.05) is 45.3 Å². The lowest BCUT2D eigenvalue weighted by Gasteiger charge is -2.36. The van der Waals surface area contributed by atoms with Gasteiger partial charge in [-0.15, -0.1) is 0 Å². The van der Waals surface area contributed by atoms with E-state index in [-0.39, 0.29) is 24.9 Å². The van der Waals surface area contributed by atoms with E-state index in [1.165, 1.54) is 4.90 Å². The molecule has 4 rings (SSSR count). The number of amides is 3. The number of likely N-dealkylation sites (N-methyl/N-ethyl adjacent to an activating group) is 1. The monoisotopic (exact) mass is 580 g/mol. The Labute approximate surface area is 246 Å². The molecule has 3 heterocycles. The molecule has 11 heteroatoms. The van der Waals surface area contributed by atoms with Crippen LogP contribution in [0.5, 0.6) is 11.5 Å². The highest BCUT2D eigenvalue weighted by Crippen LogP contribution is 2.34. The number of unbranched alkanes of at least 4 members (excludes halogenated alkanes) is 2. The van der Waals surface area contributed by atoms with E-state index in [0.29, 0.717) is 55.0 Å². The van der Waals surface area contributed by atoms with Crippen LogP contribution in [0.3, 0.4) is 0 Å². The van der Waals surface area contributed by atoms with Gasteiger partial charge in [0.2, 0.25) is 5.91 Å². The number of anilines is 1. The van der Waals surface area contributed by atoms with Gasteiger partial charge in [0.25, 0.3) is 0 Å². The van der Waals surface area contributed by atoms with Crippen molar-refractivity contribution in [1.82, 2.24) is 19.4 Å². The van der Waals surface area contributed by atoms with Gasteiger partial charge in [0.1, 0.15) is 12.2 Å². The van der Waals surface area contributed by atoms with Gasteiger partial charge in [0.15, 0.2) is 11.5 Å². The third kappa shape index (κ3) is 7.03. The van der Waals surface area contributed by atoms with Crippen LogP contribution in [0, 0.1) is 11.3 Å². The van der Waals surface area contributed by atoms with Crippen molar-refractivity contribution >= 4 is 40.3 Å². The molecule has 1 aromatic carbocycles. The molecule has 218 valence electrons. The molecule has 0 spiro atoms. The summed E-state index contributed by atoms with van der Waals surface area (Å²) in [7, 11) is 3.28. The van der Waals surface area contributed by atoms with Gasteiger partial charge in [-0.2, -0.15) is 5.26 Å². The number of carbonyl (C=O) groups excluding carboxylic acids is 2. The molecule has 1 aliphatic heterocycles. The number of methoxy groups -OCH3 is 1. The van der Waals surface area contributed by atoms with Crippen molar-refractivity contribution in [3.8, 4) is 17.6 Å².